The molecule has 1 aromatic heterocycles. The maximum Gasteiger partial charge on any atom is 0.225 e. The van der Waals surface area contributed by atoms with Crippen molar-refractivity contribution in [2.75, 3.05) is 0 Å². The molecule has 1 aromatic rings. The number of hydrogen-bond acceptors (Lipinski definition) is 2. The molecular formula is C7H8ClNOS. The van der Waals surface area contributed by atoms with Crippen molar-refractivity contribution in [1.29, 1.82) is 0 Å². The molecular weight excluding hydrogens is 182 g/mol. The van der Waals surface area contributed by atoms with Crippen molar-refractivity contribution in [2.24, 2.45) is 5.73 Å². The average molecular weight is 190 g/mol. The van der Waals surface area contributed by atoms with Gasteiger partial charge in [-0.05, 0) is 19.1 Å². The summed E-state index contributed by atoms with van der Waals surface area (Å²) >= 11 is 7.06. The predicted molar refractivity (Wildman–Crippen MR) is 46.9 cm³/mol. The highest BCUT2D eigenvalue weighted by Gasteiger charge is 2.12. The van der Waals surface area contributed by atoms with E-state index in [2.05, 4.69) is 0 Å². The zero-order chi connectivity index (χ0) is 8.43. The zero-order valence-corrected chi connectivity index (χ0v) is 7.58. The molecule has 11 heavy (non-hydrogen) atoms. The van der Waals surface area contributed by atoms with Gasteiger partial charge in [-0.3, -0.25) is 4.79 Å². The lowest BCUT2D eigenvalue weighted by Crippen LogP contribution is -2.17. The molecule has 0 spiro atoms. The number of primary amides is 1. The fraction of sp³-hybridized carbons (Fsp3) is 0.286. The number of carbonyl (C=O) groups excluding carboxylic acids is 1. The second-order valence-corrected chi connectivity index (χ2v) is 4.01. The van der Waals surface area contributed by atoms with Crippen LogP contribution >= 0.6 is 22.9 Å². The number of nitrogens with two attached hydrogens (primary N) is 1. The van der Waals surface area contributed by atoms with Crippen LogP contribution in [-0.4, -0.2) is 5.91 Å². The molecule has 60 valence electrons. The summed E-state index contributed by atoms with van der Waals surface area (Å²) in [5.41, 5.74) is 5.10. The van der Waals surface area contributed by atoms with Crippen LogP contribution in [0.5, 0.6) is 0 Å². The van der Waals surface area contributed by atoms with E-state index in [0.29, 0.717) is 4.34 Å². The van der Waals surface area contributed by atoms with Crippen LogP contribution in [0.15, 0.2) is 12.1 Å². The Morgan fingerprint density at radius 3 is 2.73 bits per heavy atom. The Kier molecular flexibility index (Phi) is 2.52. The Bertz CT molecular complexity index is 271. The first kappa shape index (κ1) is 8.56. The van der Waals surface area contributed by atoms with Crippen molar-refractivity contribution in [1.82, 2.24) is 0 Å². The normalized spacial score (nSPS) is 12.9. The summed E-state index contributed by atoms with van der Waals surface area (Å²) in [6.07, 6.45) is 0. The molecule has 1 amide bonds. The van der Waals surface area contributed by atoms with Crippen molar-refractivity contribution in [3.63, 3.8) is 0 Å². The van der Waals surface area contributed by atoms with E-state index in [1.807, 2.05) is 6.07 Å². The van der Waals surface area contributed by atoms with Gasteiger partial charge < -0.3 is 5.73 Å². The summed E-state index contributed by atoms with van der Waals surface area (Å²) in [5.74, 6) is -0.545. The lowest BCUT2D eigenvalue weighted by molar-refractivity contribution is -0.119. The lowest BCUT2D eigenvalue weighted by atomic mass is 10.1. The summed E-state index contributed by atoms with van der Waals surface area (Å²) in [4.78, 5) is 11.6. The molecule has 1 heterocycles. The van der Waals surface area contributed by atoms with Crippen molar-refractivity contribution >= 4 is 28.8 Å². The van der Waals surface area contributed by atoms with E-state index < -0.39 is 0 Å². The summed E-state index contributed by atoms with van der Waals surface area (Å²) in [6.45, 7) is 1.77. The lowest BCUT2D eigenvalue weighted by Gasteiger charge is -2.01. The largest absolute Gasteiger partial charge is 0.369 e. The minimum Gasteiger partial charge on any atom is -0.369 e. The molecule has 0 saturated carbocycles. The molecule has 0 saturated heterocycles. The van der Waals surface area contributed by atoms with Gasteiger partial charge in [-0.25, -0.2) is 0 Å². The Labute approximate surface area is 74.0 Å². The van der Waals surface area contributed by atoms with Gasteiger partial charge in [0.25, 0.3) is 0 Å². The van der Waals surface area contributed by atoms with E-state index in [1.165, 1.54) is 11.3 Å². The van der Waals surface area contributed by atoms with Gasteiger partial charge in [0.1, 0.15) is 0 Å². The second kappa shape index (κ2) is 3.24. The number of thiophene rings is 1. The standard InChI is InChI=1S/C7H8ClNOS/c1-4(7(9)10)5-2-3-6(8)11-5/h2-4H,1H3,(H2,9,10). The van der Waals surface area contributed by atoms with Crippen LogP contribution in [0.1, 0.15) is 17.7 Å². The quantitative estimate of drug-likeness (QED) is 0.760. The number of hydrogen-bond donors (Lipinski definition) is 1. The van der Waals surface area contributed by atoms with E-state index in [4.69, 9.17) is 17.3 Å². The molecule has 0 aliphatic carbocycles. The summed E-state index contributed by atoms with van der Waals surface area (Å²) in [5, 5.41) is 0. The Morgan fingerprint density at radius 1 is 1.73 bits per heavy atom. The van der Waals surface area contributed by atoms with Crippen LogP contribution < -0.4 is 5.73 Å². The smallest absolute Gasteiger partial charge is 0.225 e. The number of rotatable bonds is 2. The Hall–Kier alpha value is -0.540. The predicted octanol–water partition coefficient (Wildman–Crippen LogP) is 1.99. The van der Waals surface area contributed by atoms with Crippen LogP contribution in [0.25, 0.3) is 0 Å². The Balaban J connectivity index is 2.84. The first-order chi connectivity index (χ1) is 5.11. The number of halogens is 1. The first-order valence-electron chi connectivity index (χ1n) is 3.16. The van der Waals surface area contributed by atoms with Gasteiger partial charge in [-0.2, -0.15) is 0 Å². The average Bonchev–Trinajstić information content (AvgIpc) is 2.34. The highest BCUT2D eigenvalue weighted by Crippen LogP contribution is 2.27. The van der Waals surface area contributed by atoms with Gasteiger partial charge in [-0.1, -0.05) is 11.6 Å². The summed E-state index contributed by atoms with van der Waals surface area (Å²) in [7, 11) is 0. The molecule has 1 rings (SSSR count). The molecule has 0 aliphatic heterocycles. The highest BCUT2D eigenvalue weighted by molar-refractivity contribution is 7.16. The second-order valence-electron chi connectivity index (χ2n) is 2.27. The molecule has 0 radical (unpaired) electrons. The Morgan fingerprint density at radius 2 is 2.36 bits per heavy atom. The minimum absolute atomic E-state index is 0.229. The van der Waals surface area contributed by atoms with Gasteiger partial charge >= 0.3 is 0 Å². The van der Waals surface area contributed by atoms with E-state index in [0.717, 1.165) is 4.88 Å². The fourth-order valence-electron chi connectivity index (χ4n) is 0.701. The molecule has 2 nitrogen and oxygen atoms in total. The fourth-order valence-corrected chi connectivity index (χ4v) is 1.82. The maximum absolute atomic E-state index is 10.7. The van der Waals surface area contributed by atoms with Crippen LogP contribution in [0.4, 0.5) is 0 Å². The van der Waals surface area contributed by atoms with Crippen LogP contribution in [0.3, 0.4) is 0 Å². The maximum atomic E-state index is 10.7. The molecule has 0 aliphatic rings. The van der Waals surface area contributed by atoms with Crippen LogP contribution in [-0.2, 0) is 4.79 Å². The molecule has 1 atom stereocenters. The third kappa shape index (κ3) is 1.94. The third-order valence-corrected chi connectivity index (χ3v) is 2.86. The molecule has 0 fully saturated rings. The van der Waals surface area contributed by atoms with Gasteiger partial charge in [0, 0.05) is 4.88 Å². The van der Waals surface area contributed by atoms with E-state index in [1.54, 1.807) is 13.0 Å². The number of amides is 1. The minimum atomic E-state index is -0.316. The molecule has 1 unspecified atom stereocenters. The SMILES string of the molecule is CC(C(N)=O)c1ccc(Cl)s1. The van der Waals surface area contributed by atoms with Gasteiger partial charge in [0.15, 0.2) is 0 Å². The molecule has 4 heteroatoms. The van der Waals surface area contributed by atoms with E-state index >= 15 is 0 Å². The van der Waals surface area contributed by atoms with Crippen LogP contribution in [0.2, 0.25) is 4.34 Å². The topological polar surface area (TPSA) is 43.1 Å². The summed E-state index contributed by atoms with van der Waals surface area (Å²) in [6, 6.07) is 3.59. The van der Waals surface area contributed by atoms with E-state index in [9.17, 15) is 4.79 Å². The number of carbonyl (C=O) groups is 1. The zero-order valence-electron chi connectivity index (χ0n) is 6.00. The van der Waals surface area contributed by atoms with E-state index in [-0.39, 0.29) is 11.8 Å². The van der Waals surface area contributed by atoms with Crippen molar-refractivity contribution in [3.05, 3.63) is 21.3 Å². The van der Waals surface area contributed by atoms with Crippen LogP contribution in [0, 0.1) is 0 Å². The van der Waals surface area contributed by atoms with Gasteiger partial charge in [0.05, 0.1) is 10.3 Å². The van der Waals surface area contributed by atoms with Crippen molar-refractivity contribution in [3.8, 4) is 0 Å². The van der Waals surface area contributed by atoms with Gasteiger partial charge in [0.2, 0.25) is 5.91 Å². The van der Waals surface area contributed by atoms with Gasteiger partial charge in [-0.15, -0.1) is 11.3 Å². The first-order valence-corrected chi connectivity index (χ1v) is 4.35. The monoisotopic (exact) mass is 189 g/mol. The highest BCUT2D eigenvalue weighted by atomic mass is 35.5. The third-order valence-electron chi connectivity index (χ3n) is 1.45. The van der Waals surface area contributed by atoms with Crippen molar-refractivity contribution < 1.29 is 4.79 Å². The molecule has 2 N–H and O–H groups in total. The molecule has 0 bridgehead atoms. The molecule has 0 aromatic carbocycles. The summed E-state index contributed by atoms with van der Waals surface area (Å²) < 4.78 is 0.688. The van der Waals surface area contributed by atoms with Crippen molar-refractivity contribution in [2.45, 2.75) is 12.8 Å².